The quantitative estimate of drug-likeness (QED) is 0.440. The summed E-state index contributed by atoms with van der Waals surface area (Å²) in [6.45, 7) is 7.89. The van der Waals surface area contributed by atoms with Gasteiger partial charge in [0.1, 0.15) is 23.8 Å². The van der Waals surface area contributed by atoms with Gasteiger partial charge >= 0.3 is 5.97 Å². The first kappa shape index (κ1) is 27.3. The number of nitrogens with zero attached hydrogens (tertiary/aromatic N) is 2. The van der Waals surface area contributed by atoms with E-state index in [1.807, 2.05) is 33.8 Å². The van der Waals surface area contributed by atoms with Gasteiger partial charge in [-0.2, -0.15) is 0 Å². The average molecular weight is 524 g/mol. The zero-order chi connectivity index (χ0) is 27.4. The van der Waals surface area contributed by atoms with E-state index in [-0.39, 0.29) is 59.8 Å². The maximum absolute atomic E-state index is 13.2. The lowest BCUT2D eigenvalue weighted by molar-refractivity contribution is -0.149. The van der Waals surface area contributed by atoms with Gasteiger partial charge < -0.3 is 24.1 Å². The van der Waals surface area contributed by atoms with E-state index in [0.717, 1.165) is 5.57 Å². The maximum atomic E-state index is 13.2. The van der Waals surface area contributed by atoms with Crippen LogP contribution >= 0.6 is 0 Å². The Morgan fingerprint density at radius 1 is 1.16 bits per heavy atom. The number of aromatic nitrogens is 1. The van der Waals surface area contributed by atoms with Crippen LogP contribution in [0.3, 0.4) is 0 Å². The number of carbonyl (C=O) groups excluding carboxylic acids is 4. The molecule has 10 nitrogen and oxygen atoms in total. The Hall–Kier alpha value is -3.79. The smallest absolute Gasteiger partial charge is 0.355 e. The van der Waals surface area contributed by atoms with Crippen molar-refractivity contribution in [2.45, 2.75) is 65.3 Å². The van der Waals surface area contributed by atoms with E-state index in [1.165, 1.54) is 23.4 Å². The SMILES string of the molecule is CC1=C[C@@H]2CC(=O)Cc3nc(co3)C(=O)N3CCC=C3C(=O)O[C@H](C(C)C)[C@@H](C)/C=C/C(=O)N/C=C/C1O2. The van der Waals surface area contributed by atoms with Crippen LogP contribution < -0.4 is 5.32 Å². The van der Waals surface area contributed by atoms with Gasteiger partial charge in [0.15, 0.2) is 5.69 Å². The molecule has 1 N–H and O–H groups in total. The van der Waals surface area contributed by atoms with Crippen LogP contribution in [0.2, 0.25) is 0 Å². The number of cyclic esters (lactones) is 1. The lowest BCUT2D eigenvalue weighted by Gasteiger charge is -2.27. The third kappa shape index (κ3) is 6.36. The van der Waals surface area contributed by atoms with Crippen molar-refractivity contribution in [2.75, 3.05) is 6.54 Å². The predicted molar refractivity (Wildman–Crippen MR) is 136 cm³/mol. The molecule has 3 aliphatic rings. The van der Waals surface area contributed by atoms with E-state index < -0.39 is 24.1 Å². The van der Waals surface area contributed by atoms with Crippen LogP contribution in [0.25, 0.3) is 0 Å². The molecule has 4 atom stereocenters. The molecule has 0 aromatic carbocycles. The Bertz CT molecular complexity index is 1220. The van der Waals surface area contributed by atoms with Crippen molar-refractivity contribution >= 4 is 23.6 Å². The average Bonchev–Trinajstić information content (AvgIpc) is 3.60. The number of ketones is 1. The van der Waals surface area contributed by atoms with E-state index in [9.17, 15) is 19.2 Å². The summed E-state index contributed by atoms with van der Waals surface area (Å²) in [5, 5.41) is 2.68. The molecule has 2 amide bonds. The number of esters is 1. The molecule has 4 heterocycles. The van der Waals surface area contributed by atoms with E-state index in [4.69, 9.17) is 13.9 Å². The number of Topliss-reactive ketones (excluding diaryl/α,β-unsaturated/α-hetero) is 1. The highest BCUT2D eigenvalue weighted by Crippen LogP contribution is 2.25. The minimum absolute atomic E-state index is 0.0105. The number of hydrogen-bond acceptors (Lipinski definition) is 8. The standard InChI is InChI=1S/C28H33N3O7/c1-16(2)26-17(3)7-8-24(33)29-10-9-23-18(4)12-20(37-23)13-19(32)14-25-30-21(15-36-25)27(34)31-11-5-6-22(31)28(35)38-26/h6-10,12,15-17,20,23,26H,5,11,13-14H2,1-4H3,(H,29,33)/b8-7+,10-9+/t17-,20+,23?,26+/m0/s1. The van der Waals surface area contributed by atoms with Gasteiger partial charge in [-0.3, -0.25) is 14.4 Å². The Morgan fingerprint density at radius 2 is 1.95 bits per heavy atom. The molecule has 1 aromatic rings. The van der Waals surface area contributed by atoms with Crippen molar-refractivity contribution in [1.29, 1.82) is 0 Å². The summed E-state index contributed by atoms with van der Waals surface area (Å²) in [6.07, 6.45) is 10.2. The fraction of sp³-hybridized carbons (Fsp3) is 0.464. The Labute approximate surface area is 221 Å². The molecule has 4 rings (SSSR count). The van der Waals surface area contributed by atoms with Crippen LogP contribution in [-0.2, 0) is 30.3 Å². The Morgan fingerprint density at radius 3 is 2.71 bits per heavy atom. The molecule has 3 aliphatic heterocycles. The number of oxazole rings is 1. The molecule has 1 aromatic heterocycles. The van der Waals surface area contributed by atoms with Gasteiger partial charge in [0.25, 0.3) is 5.91 Å². The Balaban J connectivity index is 1.59. The van der Waals surface area contributed by atoms with Crippen LogP contribution in [0.5, 0.6) is 0 Å². The summed E-state index contributed by atoms with van der Waals surface area (Å²) in [6, 6.07) is 0. The van der Waals surface area contributed by atoms with Gasteiger partial charge in [0.05, 0.1) is 18.6 Å². The van der Waals surface area contributed by atoms with Crippen LogP contribution in [0.15, 0.2) is 58.5 Å². The first-order valence-electron chi connectivity index (χ1n) is 12.8. The first-order chi connectivity index (χ1) is 18.1. The zero-order valence-electron chi connectivity index (χ0n) is 22.0. The molecule has 0 aliphatic carbocycles. The minimum atomic E-state index is -0.624. The zero-order valence-corrected chi connectivity index (χ0v) is 22.0. The molecule has 4 bridgehead atoms. The minimum Gasteiger partial charge on any atom is -0.457 e. The lowest BCUT2D eigenvalue weighted by Crippen LogP contribution is -2.36. The highest BCUT2D eigenvalue weighted by atomic mass is 16.5. The highest BCUT2D eigenvalue weighted by molar-refractivity contribution is 6.00. The monoisotopic (exact) mass is 523 g/mol. The third-order valence-corrected chi connectivity index (χ3v) is 6.67. The van der Waals surface area contributed by atoms with Crippen LogP contribution in [0.1, 0.15) is 56.9 Å². The number of amides is 2. The second-order valence-electron chi connectivity index (χ2n) is 10.1. The predicted octanol–water partition coefficient (Wildman–Crippen LogP) is 3.02. The molecule has 0 saturated heterocycles. The highest BCUT2D eigenvalue weighted by Gasteiger charge is 2.34. The number of carbonyl (C=O) groups is 4. The first-order valence-corrected chi connectivity index (χ1v) is 12.8. The van der Waals surface area contributed by atoms with Gasteiger partial charge in [-0.15, -0.1) is 0 Å². The molecule has 0 fully saturated rings. The van der Waals surface area contributed by atoms with Crippen LogP contribution in [0.4, 0.5) is 0 Å². The fourth-order valence-electron chi connectivity index (χ4n) is 4.74. The third-order valence-electron chi connectivity index (χ3n) is 6.67. The second-order valence-corrected chi connectivity index (χ2v) is 10.1. The fourth-order valence-corrected chi connectivity index (χ4v) is 4.74. The van der Waals surface area contributed by atoms with Crippen LogP contribution in [-0.4, -0.2) is 58.3 Å². The van der Waals surface area contributed by atoms with Crippen LogP contribution in [0, 0.1) is 11.8 Å². The molecule has 202 valence electrons. The van der Waals surface area contributed by atoms with E-state index in [2.05, 4.69) is 10.3 Å². The van der Waals surface area contributed by atoms with Gasteiger partial charge in [-0.05, 0) is 37.0 Å². The largest absolute Gasteiger partial charge is 0.457 e. The molecule has 1 unspecified atom stereocenters. The summed E-state index contributed by atoms with van der Waals surface area (Å²) in [5.74, 6) is -1.82. The molecule has 0 spiro atoms. The number of rotatable bonds is 1. The summed E-state index contributed by atoms with van der Waals surface area (Å²) in [7, 11) is 0. The summed E-state index contributed by atoms with van der Waals surface area (Å²) in [5.41, 5.74) is 1.07. The van der Waals surface area contributed by atoms with Gasteiger partial charge in [-0.25, -0.2) is 9.78 Å². The van der Waals surface area contributed by atoms with E-state index in [1.54, 1.807) is 18.2 Å². The topological polar surface area (TPSA) is 128 Å². The van der Waals surface area contributed by atoms with Crippen molar-refractivity contribution in [3.05, 3.63) is 65.7 Å². The summed E-state index contributed by atoms with van der Waals surface area (Å²) >= 11 is 0. The number of ether oxygens (including phenoxy) is 2. The van der Waals surface area contributed by atoms with Crippen molar-refractivity contribution in [3.8, 4) is 0 Å². The maximum Gasteiger partial charge on any atom is 0.355 e. The number of hydrogen-bond donors (Lipinski definition) is 1. The molecular weight excluding hydrogens is 490 g/mol. The number of nitrogens with one attached hydrogen (secondary N) is 1. The van der Waals surface area contributed by atoms with Gasteiger partial charge in [0.2, 0.25) is 11.8 Å². The van der Waals surface area contributed by atoms with E-state index in [0.29, 0.717) is 13.0 Å². The van der Waals surface area contributed by atoms with Gasteiger partial charge in [-0.1, -0.05) is 39.0 Å². The lowest BCUT2D eigenvalue weighted by atomic mass is 9.94. The van der Waals surface area contributed by atoms with Crippen molar-refractivity contribution < 1.29 is 33.1 Å². The molecular formula is C28H33N3O7. The molecule has 10 heteroatoms. The summed E-state index contributed by atoms with van der Waals surface area (Å²) in [4.78, 5) is 56.8. The molecule has 0 saturated carbocycles. The normalized spacial score (nSPS) is 29.0. The molecule has 0 radical (unpaired) electrons. The molecule has 38 heavy (non-hydrogen) atoms. The van der Waals surface area contributed by atoms with E-state index >= 15 is 0 Å². The Kier molecular flexibility index (Phi) is 8.41. The second kappa shape index (κ2) is 11.7. The van der Waals surface area contributed by atoms with Gasteiger partial charge in [0, 0.05) is 25.1 Å². The van der Waals surface area contributed by atoms with Crippen molar-refractivity contribution in [2.24, 2.45) is 11.8 Å². The van der Waals surface area contributed by atoms with Crippen molar-refractivity contribution in [1.82, 2.24) is 15.2 Å². The van der Waals surface area contributed by atoms with Crippen molar-refractivity contribution in [3.63, 3.8) is 0 Å². The number of fused-ring (bicyclic) bond motifs is 5. The summed E-state index contributed by atoms with van der Waals surface area (Å²) < 4.78 is 17.1.